The molecule has 1 N–H and O–H groups in total. The van der Waals surface area contributed by atoms with Crippen LogP contribution in [0, 0.1) is 0 Å². The van der Waals surface area contributed by atoms with Crippen LogP contribution in [0.4, 0.5) is 16.6 Å². The second kappa shape index (κ2) is 10.7. The van der Waals surface area contributed by atoms with Crippen molar-refractivity contribution in [2.45, 2.75) is 19.6 Å². The summed E-state index contributed by atoms with van der Waals surface area (Å²) in [4.78, 5) is 42.7. The Balaban J connectivity index is 1.14. The lowest BCUT2D eigenvalue weighted by atomic mass is 10.1. The number of carbonyl (C=O) groups excluding carboxylic acids is 2. The molecule has 0 spiro atoms. The number of aromatic nitrogens is 3. The predicted molar refractivity (Wildman–Crippen MR) is 135 cm³/mol. The topological polar surface area (TPSA) is 104 Å². The molecule has 10 heteroatoms. The Morgan fingerprint density at radius 1 is 1.00 bits per heavy atom. The molecule has 186 valence electrons. The summed E-state index contributed by atoms with van der Waals surface area (Å²) in [7, 11) is 0. The van der Waals surface area contributed by atoms with Crippen molar-refractivity contribution in [2.24, 2.45) is 0 Å². The molecule has 2 aliphatic rings. The maximum atomic E-state index is 12.2. The van der Waals surface area contributed by atoms with Crippen LogP contribution in [0.3, 0.4) is 0 Å². The van der Waals surface area contributed by atoms with E-state index in [1.54, 1.807) is 18.6 Å². The molecule has 1 atom stereocenters. The molecular weight excluding hydrogens is 458 g/mol. The van der Waals surface area contributed by atoms with Gasteiger partial charge < -0.3 is 15.0 Å². The number of cyclic esters (lactones) is 1. The standard InChI is InChI=1S/C26H29N7O3/c1-19(34)29-16-23-18-33(26(35)36-23)24-8-7-22(15-30-24)21-5-3-20(4-6-21)17-31-11-13-32(14-12-31)25-27-9-2-10-28-25/h2-10,15,23H,11-14,16-18H2,1H3,(H,29,34). The van der Waals surface area contributed by atoms with Gasteiger partial charge in [0, 0.05) is 63.8 Å². The number of carbonyl (C=O) groups is 2. The number of anilines is 2. The van der Waals surface area contributed by atoms with Crippen LogP contribution >= 0.6 is 0 Å². The average Bonchev–Trinajstić information content (AvgIpc) is 3.29. The van der Waals surface area contributed by atoms with Crippen molar-refractivity contribution in [3.63, 3.8) is 0 Å². The van der Waals surface area contributed by atoms with Gasteiger partial charge in [0.05, 0.1) is 13.1 Å². The predicted octanol–water partition coefficient (Wildman–Crippen LogP) is 2.32. The number of nitrogens with one attached hydrogen (secondary N) is 1. The zero-order valence-corrected chi connectivity index (χ0v) is 20.2. The van der Waals surface area contributed by atoms with Crippen molar-refractivity contribution in [1.29, 1.82) is 0 Å². The third-order valence-electron chi connectivity index (χ3n) is 6.38. The average molecular weight is 488 g/mol. The Hall–Kier alpha value is -4.05. The summed E-state index contributed by atoms with van der Waals surface area (Å²) < 4.78 is 5.32. The van der Waals surface area contributed by atoms with Gasteiger partial charge in [0.2, 0.25) is 11.9 Å². The molecule has 4 heterocycles. The largest absolute Gasteiger partial charge is 0.442 e. The number of hydrogen-bond donors (Lipinski definition) is 1. The second-order valence-corrected chi connectivity index (χ2v) is 8.97. The summed E-state index contributed by atoms with van der Waals surface area (Å²) in [5, 5.41) is 2.68. The van der Waals surface area contributed by atoms with Gasteiger partial charge in [-0.3, -0.25) is 14.6 Å². The fraction of sp³-hybridized carbons (Fsp3) is 0.346. The van der Waals surface area contributed by atoms with Gasteiger partial charge in [-0.05, 0) is 29.3 Å². The Labute approximate surface area is 209 Å². The molecule has 5 rings (SSSR count). The molecule has 0 bridgehead atoms. The van der Waals surface area contributed by atoms with E-state index in [0.717, 1.165) is 49.8 Å². The van der Waals surface area contributed by atoms with Crippen LogP contribution in [-0.2, 0) is 16.1 Å². The van der Waals surface area contributed by atoms with Crippen LogP contribution in [0.15, 0.2) is 61.1 Å². The van der Waals surface area contributed by atoms with Crippen molar-refractivity contribution in [1.82, 2.24) is 25.2 Å². The fourth-order valence-corrected chi connectivity index (χ4v) is 4.41. The van der Waals surface area contributed by atoms with E-state index in [-0.39, 0.29) is 12.0 Å². The Kier molecular flexibility index (Phi) is 7.03. The van der Waals surface area contributed by atoms with Crippen LogP contribution in [0.25, 0.3) is 11.1 Å². The van der Waals surface area contributed by atoms with Gasteiger partial charge in [0.15, 0.2) is 0 Å². The number of pyridine rings is 1. The number of ether oxygens (including phenoxy) is 1. The van der Waals surface area contributed by atoms with Crippen LogP contribution < -0.4 is 15.1 Å². The van der Waals surface area contributed by atoms with Crippen molar-refractivity contribution in [3.05, 3.63) is 66.6 Å². The van der Waals surface area contributed by atoms with Crippen LogP contribution in [0.1, 0.15) is 12.5 Å². The lowest BCUT2D eigenvalue weighted by molar-refractivity contribution is -0.119. The maximum Gasteiger partial charge on any atom is 0.416 e. The summed E-state index contributed by atoms with van der Waals surface area (Å²) >= 11 is 0. The molecule has 2 fully saturated rings. The van der Waals surface area contributed by atoms with E-state index < -0.39 is 6.09 Å². The molecule has 2 amide bonds. The van der Waals surface area contributed by atoms with E-state index in [0.29, 0.717) is 18.9 Å². The number of rotatable bonds is 7. The minimum absolute atomic E-state index is 0.154. The van der Waals surface area contributed by atoms with E-state index in [1.807, 2.05) is 18.2 Å². The third kappa shape index (κ3) is 5.60. The zero-order valence-electron chi connectivity index (χ0n) is 20.2. The van der Waals surface area contributed by atoms with Crippen LogP contribution in [0.5, 0.6) is 0 Å². The van der Waals surface area contributed by atoms with Crippen molar-refractivity contribution in [2.75, 3.05) is 49.1 Å². The van der Waals surface area contributed by atoms with Crippen LogP contribution in [-0.4, -0.2) is 77.2 Å². The van der Waals surface area contributed by atoms with Gasteiger partial charge in [-0.2, -0.15) is 0 Å². The fourth-order valence-electron chi connectivity index (χ4n) is 4.41. The molecule has 2 aliphatic heterocycles. The normalized spacial score (nSPS) is 18.2. The molecule has 0 radical (unpaired) electrons. The summed E-state index contributed by atoms with van der Waals surface area (Å²) in [6.45, 7) is 6.75. The summed E-state index contributed by atoms with van der Waals surface area (Å²) in [6.07, 6.45) is 4.50. The Morgan fingerprint density at radius 2 is 1.72 bits per heavy atom. The first-order valence-corrected chi connectivity index (χ1v) is 12.1. The van der Waals surface area contributed by atoms with E-state index >= 15 is 0 Å². The number of nitrogens with zero attached hydrogens (tertiary/aromatic N) is 6. The molecule has 0 aliphatic carbocycles. The molecule has 2 aromatic heterocycles. The molecule has 0 saturated carbocycles. The quantitative estimate of drug-likeness (QED) is 0.542. The van der Waals surface area contributed by atoms with Crippen LogP contribution in [0.2, 0.25) is 0 Å². The van der Waals surface area contributed by atoms with Gasteiger partial charge in [-0.1, -0.05) is 24.3 Å². The SMILES string of the molecule is CC(=O)NCC1CN(c2ccc(-c3ccc(CN4CCN(c5ncccn5)CC4)cc3)cn2)C(=O)O1. The number of amides is 2. The highest BCUT2D eigenvalue weighted by Crippen LogP contribution is 2.24. The maximum absolute atomic E-state index is 12.2. The molecule has 3 aromatic rings. The lowest BCUT2D eigenvalue weighted by Crippen LogP contribution is -2.46. The van der Waals surface area contributed by atoms with Crippen molar-refractivity contribution < 1.29 is 14.3 Å². The lowest BCUT2D eigenvalue weighted by Gasteiger charge is -2.34. The first-order valence-electron chi connectivity index (χ1n) is 12.1. The summed E-state index contributed by atoms with van der Waals surface area (Å²) in [5.41, 5.74) is 3.30. The van der Waals surface area contributed by atoms with E-state index in [4.69, 9.17) is 4.74 Å². The highest BCUT2D eigenvalue weighted by molar-refractivity contribution is 5.89. The van der Waals surface area contributed by atoms with Gasteiger partial charge in [-0.25, -0.2) is 19.7 Å². The van der Waals surface area contributed by atoms with Gasteiger partial charge >= 0.3 is 6.09 Å². The highest BCUT2D eigenvalue weighted by atomic mass is 16.6. The molecule has 10 nitrogen and oxygen atoms in total. The zero-order chi connectivity index (χ0) is 24.9. The monoisotopic (exact) mass is 487 g/mol. The molecule has 36 heavy (non-hydrogen) atoms. The van der Waals surface area contributed by atoms with E-state index in [2.05, 4.69) is 54.3 Å². The minimum Gasteiger partial charge on any atom is -0.442 e. The molecular formula is C26H29N7O3. The summed E-state index contributed by atoms with van der Waals surface area (Å²) in [6, 6.07) is 14.1. The smallest absolute Gasteiger partial charge is 0.416 e. The number of hydrogen-bond acceptors (Lipinski definition) is 8. The second-order valence-electron chi connectivity index (χ2n) is 8.97. The highest BCUT2D eigenvalue weighted by Gasteiger charge is 2.33. The molecule has 2 saturated heterocycles. The summed E-state index contributed by atoms with van der Waals surface area (Å²) in [5.74, 6) is 1.18. The third-order valence-corrected chi connectivity index (χ3v) is 6.38. The van der Waals surface area contributed by atoms with Crippen molar-refractivity contribution in [3.8, 4) is 11.1 Å². The Bertz CT molecular complexity index is 1180. The van der Waals surface area contributed by atoms with E-state index in [9.17, 15) is 9.59 Å². The first-order chi connectivity index (χ1) is 17.5. The molecule has 1 aromatic carbocycles. The van der Waals surface area contributed by atoms with Gasteiger partial charge in [0.25, 0.3) is 0 Å². The number of piperazine rings is 1. The van der Waals surface area contributed by atoms with Gasteiger partial charge in [0.1, 0.15) is 11.9 Å². The number of benzene rings is 1. The van der Waals surface area contributed by atoms with Gasteiger partial charge in [-0.15, -0.1) is 0 Å². The Morgan fingerprint density at radius 3 is 2.39 bits per heavy atom. The first kappa shape index (κ1) is 23.7. The van der Waals surface area contributed by atoms with Crippen molar-refractivity contribution >= 4 is 23.8 Å². The van der Waals surface area contributed by atoms with E-state index in [1.165, 1.54) is 17.4 Å². The molecule has 1 unspecified atom stereocenters. The minimum atomic E-state index is -0.452.